The summed E-state index contributed by atoms with van der Waals surface area (Å²) in [4.78, 5) is 28.2. The van der Waals surface area contributed by atoms with Crippen molar-refractivity contribution >= 4 is 24.3 Å². The van der Waals surface area contributed by atoms with E-state index in [0.29, 0.717) is 31.0 Å². The predicted octanol–water partition coefficient (Wildman–Crippen LogP) is 1.41. The number of halogens is 1. The average Bonchev–Trinajstić information content (AvgIpc) is 2.66. The Morgan fingerprint density at radius 1 is 1.15 bits per heavy atom. The lowest BCUT2D eigenvalue weighted by Gasteiger charge is -2.50. The Morgan fingerprint density at radius 3 is 2.46 bits per heavy atom. The minimum atomic E-state index is -0.219. The molecule has 3 rings (SSSR count). The van der Waals surface area contributed by atoms with Crippen LogP contribution in [0.3, 0.4) is 0 Å². The zero-order valence-electron chi connectivity index (χ0n) is 15.9. The molecule has 3 unspecified atom stereocenters. The lowest BCUT2D eigenvalue weighted by molar-refractivity contribution is -0.141. The monoisotopic (exact) mass is 388 g/mol. The number of nitrogens with two attached hydrogens (primary N) is 1. The molecule has 1 aliphatic carbocycles. The van der Waals surface area contributed by atoms with Crippen LogP contribution in [0.2, 0.25) is 0 Å². The van der Waals surface area contributed by atoms with Gasteiger partial charge >= 0.3 is 6.03 Å². The van der Waals surface area contributed by atoms with Crippen LogP contribution in [0, 0.1) is 17.8 Å². The quantitative estimate of drug-likeness (QED) is 0.743. The Bertz CT molecular complexity index is 499. The highest BCUT2D eigenvalue weighted by Crippen LogP contribution is 2.37. The minimum Gasteiger partial charge on any atom is -0.383 e. The van der Waals surface area contributed by atoms with Gasteiger partial charge in [-0.15, -0.1) is 12.4 Å². The minimum absolute atomic E-state index is 0. The first-order valence-corrected chi connectivity index (χ1v) is 9.60. The van der Waals surface area contributed by atoms with Gasteiger partial charge in [0.15, 0.2) is 0 Å². The molecule has 0 aromatic carbocycles. The van der Waals surface area contributed by atoms with Gasteiger partial charge < -0.3 is 15.4 Å². The van der Waals surface area contributed by atoms with E-state index in [9.17, 15) is 9.59 Å². The highest BCUT2D eigenvalue weighted by atomic mass is 35.5. The number of carbonyl (C=O) groups is 2. The highest BCUT2D eigenvalue weighted by molar-refractivity contribution is 5.98. The van der Waals surface area contributed by atoms with Gasteiger partial charge in [0, 0.05) is 26.7 Å². The smallest absolute Gasteiger partial charge is 0.327 e. The first kappa shape index (κ1) is 21.4. The summed E-state index contributed by atoms with van der Waals surface area (Å²) in [6.45, 7) is 1.77. The number of methoxy groups -OCH3 is 1. The van der Waals surface area contributed by atoms with E-state index in [4.69, 9.17) is 10.5 Å². The van der Waals surface area contributed by atoms with E-state index >= 15 is 0 Å². The normalized spacial score (nSPS) is 35.1. The number of nitrogens with one attached hydrogen (secondary N) is 1. The van der Waals surface area contributed by atoms with Crippen molar-refractivity contribution in [1.82, 2.24) is 15.1 Å². The van der Waals surface area contributed by atoms with Crippen molar-refractivity contribution in [3.8, 4) is 0 Å². The van der Waals surface area contributed by atoms with Gasteiger partial charge in [-0.3, -0.25) is 15.0 Å². The molecular weight excluding hydrogens is 356 g/mol. The van der Waals surface area contributed by atoms with E-state index in [2.05, 4.69) is 5.32 Å². The summed E-state index contributed by atoms with van der Waals surface area (Å²) in [6.07, 6.45) is 6.43. The zero-order chi connectivity index (χ0) is 18.0. The van der Waals surface area contributed by atoms with E-state index in [-0.39, 0.29) is 36.4 Å². The molecule has 0 aromatic heterocycles. The van der Waals surface area contributed by atoms with Crippen molar-refractivity contribution in [2.24, 2.45) is 23.5 Å². The first-order chi connectivity index (χ1) is 12.1. The van der Waals surface area contributed by atoms with Gasteiger partial charge in [0.1, 0.15) is 0 Å². The molecule has 26 heavy (non-hydrogen) atoms. The summed E-state index contributed by atoms with van der Waals surface area (Å²) in [5.74, 6) is 1.09. The van der Waals surface area contributed by atoms with E-state index in [0.717, 1.165) is 19.4 Å². The molecule has 0 radical (unpaired) electrons. The molecule has 3 fully saturated rings. The van der Waals surface area contributed by atoms with Crippen molar-refractivity contribution in [1.29, 1.82) is 0 Å². The molecule has 2 heterocycles. The molecule has 7 nitrogen and oxygen atoms in total. The van der Waals surface area contributed by atoms with Crippen LogP contribution < -0.4 is 11.1 Å². The third kappa shape index (κ3) is 4.16. The maximum Gasteiger partial charge on any atom is 0.327 e. The van der Waals surface area contributed by atoms with Crippen molar-refractivity contribution in [3.05, 3.63) is 0 Å². The Balaban J connectivity index is 0.00000243. The number of imide groups is 1. The Morgan fingerprint density at radius 2 is 1.85 bits per heavy atom. The van der Waals surface area contributed by atoms with Gasteiger partial charge in [0.2, 0.25) is 5.91 Å². The number of ether oxygens (including phenoxy) is 1. The fourth-order valence-electron chi connectivity index (χ4n) is 4.78. The van der Waals surface area contributed by atoms with E-state index in [1.807, 2.05) is 0 Å². The molecule has 3 amide bonds. The Labute approximate surface area is 162 Å². The number of hydrogen-bond donors (Lipinski definition) is 2. The summed E-state index contributed by atoms with van der Waals surface area (Å²) >= 11 is 0. The van der Waals surface area contributed by atoms with Crippen LogP contribution in [-0.4, -0.2) is 67.8 Å². The topological polar surface area (TPSA) is 87.9 Å². The highest BCUT2D eigenvalue weighted by Gasteiger charge is 2.48. The second-order valence-electron chi connectivity index (χ2n) is 7.78. The largest absolute Gasteiger partial charge is 0.383 e. The summed E-state index contributed by atoms with van der Waals surface area (Å²) in [6, 6.07) is 0.164. The summed E-state index contributed by atoms with van der Waals surface area (Å²) in [5, 5.41) is 3.67. The van der Waals surface area contributed by atoms with Crippen molar-refractivity contribution in [2.45, 2.75) is 50.7 Å². The van der Waals surface area contributed by atoms with Gasteiger partial charge in [-0.25, -0.2) is 4.79 Å². The molecule has 8 heteroatoms. The second-order valence-corrected chi connectivity index (χ2v) is 7.78. The molecule has 2 saturated heterocycles. The summed E-state index contributed by atoms with van der Waals surface area (Å²) < 4.78 is 5.17. The average molecular weight is 389 g/mol. The Kier molecular flexibility index (Phi) is 7.70. The van der Waals surface area contributed by atoms with E-state index < -0.39 is 0 Å². The standard InChI is InChI=1S/C18H32N4O3.ClH/c1-21-17(23)14-7-8-15(13-5-3-12(11-19)4-6-13)20-16(14)22(18(21)24)9-10-25-2;/h12-16,20H,3-11,19H2,1-2H3;1H. The number of amides is 3. The van der Waals surface area contributed by atoms with Gasteiger partial charge in [0.25, 0.3) is 0 Å². The van der Waals surface area contributed by atoms with Crippen molar-refractivity contribution in [3.63, 3.8) is 0 Å². The molecule has 3 N–H and O–H groups in total. The Hall–Kier alpha value is -0.890. The molecule has 0 aromatic rings. The third-order valence-corrected chi connectivity index (χ3v) is 6.40. The maximum absolute atomic E-state index is 12.6. The van der Waals surface area contributed by atoms with Gasteiger partial charge in [-0.1, -0.05) is 0 Å². The van der Waals surface area contributed by atoms with Crippen LogP contribution in [0.5, 0.6) is 0 Å². The number of hydrogen-bond acceptors (Lipinski definition) is 5. The first-order valence-electron chi connectivity index (χ1n) is 9.60. The number of urea groups is 1. The van der Waals surface area contributed by atoms with E-state index in [1.54, 1.807) is 19.1 Å². The van der Waals surface area contributed by atoms with Crippen LogP contribution in [0.4, 0.5) is 4.79 Å². The van der Waals surface area contributed by atoms with Crippen molar-refractivity contribution < 1.29 is 14.3 Å². The predicted molar refractivity (Wildman–Crippen MR) is 102 cm³/mol. The molecule has 1 saturated carbocycles. The lowest BCUT2D eigenvalue weighted by Crippen LogP contribution is -2.69. The zero-order valence-corrected chi connectivity index (χ0v) is 16.7. The summed E-state index contributed by atoms with van der Waals surface area (Å²) in [7, 11) is 3.22. The van der Waals surface area contributed by atoms with Gasteiger partial charge in [0.05, 0.1) is 18.7 Å². The molecule has 3 atom stereocenters. The second kappa shape index (κ2) is 9.35. The lowest BCUT2D eigenvalue weighted by atomic mass is 9.74. The summed E-state index contributed by atoms with van der Waals surface area (Å²) in [5.41, 5.74) is 5.81. The molecule has 0 spiro atoms. The van der Waals surface area contributed by atoms with Gasteiger partial charge in [-0.2, -0.15) is 0 Å². The third-order valence-electron chi connectivity index (χ3n) is 6.40. The fraction of sp³-hybridized carbons (Fsp3) is 0.889. The van der Waals surface area contributed by atoms with E-state index in [1.165, 1.54) is 30.6 Å². The maximum atomic E-state index is 12.6. The molecular formula is C18H33ClN4O3. The molecule has 0 bridgehead atoms. The molecule has 150 valence electrons. The molecule has 3 aliphatic rings. The number of fused-ring (bicyclic) bond motifs is 1. The van der Waals surface area contributed by atoms with Crippen LogP contribution >= 0.6 is 12.4 Å². The number of piperidine rings is 1. The number of rotatable bonds is 5. The van der Waals surface area contributed by atoms with Crippen LogP contribution in [0.1, 0.15) is 38.5 Å². The molecule has 2 aliphatic heterocycles. The van der Waals surface area contributed by atoms with Gasteiger partial charge in [-0.05, 0) is 56.9 Å². The fourth-order valence-corrected chi connectivity index (χ4v) is 4.78. The van der Waals surface area contributed by atoms with Crippen molar-refractivity contribution in [2.75, 3.05) is 33.9 Å². The van der Waals surface area contributed by atoms with Crippen LogP contribution in [-0.2, 0) is 9.53 Å². The number of nitrogens with zero attached hydrogens (tertiary/aromatic N) is 2. The SMILES string of the molecule is COCCN1C(=O)N(C)C(=O)C2CCC(C3CCC(CN)CC3)NC21.Cl. The number of carbonyl (C=O) groups excluding carboxylic acids is 2. The van der Waals surface area contributed by atoms with Crippen LogP contribution in [0.25, 0.3) is 0 Å². The van der Waals surface area contributed by atoms with Crippen LogP contribution in [0.15, 0.2) is 0 Å².